The number of urea groups is 1. The van der Waals surface area contributed by atoms with Crippen molar-refractivity contribution in [3.05, 3.63) is 59.1 Å². The van der Waals surface area contributed by atoms with Crippen molar-refractivity contribution in [2.75, 3.05) is 23.8 Å². The van der Waals surface area contributed by atoms with Crippen LogP contribution in [-0.4, -0.2) is 25.3 Å². The molecular weight excluding hydrogens is 330 g/mol. The van der Waals surface area contributed by atoms with E-state index >= 15 is 0 Å². The van der Waals surface area contributed by atoms with Crippen molar-refractivity contribution in [1.82, 2.24) is 5.32 Å². The summed E-state index contributed by atoms with van der Waals surface area (Å²) in [6.07, 6.45) is -0.599. The summed E-state index contributed by atoms with van der Waals surface area (Å²) in [5.74, 6) is 0. The number of ether oxygens (including phenoxy) is 1. The smallest absolute Gasteiger partial charge is 0.411 e. The van der Waals surface area contributed by atoms with Crippen LogP contribution in [0, 0.1) is 6.92 Å². The molecule has 0 saturated heterocycles. The van der Waals surface area contributed by atoms with Crippen LogP contribution >= 0.6 is 11.6 Å². The normalized spacial score (nSPS) is 9.92. The van der Waals surface area contributed by atoms with Crippen LogP contribution < -0.4 is 16.0 Å². The van der Waals surface area contributed by atoms with Gasteiger partial charge in [-0.1, -0.05) is 29.3 Å². The van der Waals surface area contributed by atoms with Crippen LogP contribution in [0.3, 0.4) is 0 Å². The van der Waals surface area contributed by atoms with E-state index in [-0.39, 0.29) is 19.2 Å². The van der Waals surface area contributed by atoms with Crippen LogP contribution in [0.5, 0.6) is 0 Å². The molecule has 0 atom stereocenters. The van der Waals surface area contributed by atoms with E-state index in [0.717, 1.165) is 5.56 Å². The molecule has 7 heteroatoms. The maximum absolute atomic E-state index is 11.7. The predicted octanol–water partition coefficient (Wildman–Crippen LogP) is 4.02. The topological polar surface area (TPSA) is 79.5 Å². The minimum absolute atomic E-state index is 0.0563. The Hall–Kier alpha value is -2.73. The molecule has 3 N–H and O–H groups in total. The number of amides is 3. The molecule has 0 bridgehead atoms. The Morgan fingerprint density at radius 2 is 1.54 bits per heavy atom. The molecule has 0 aliphatic heterocycles. The second kappa shape index (κ2) is 8.79. The van der Waals surface area contributed by atoms with E-state index in [4.69, 9.17) is 16.3 Å². The average molecular weight is 348 g/mol. The molecule has 2 aromatic carbocycles. The third-order valence-corrected chi connectivity index (χ3v) is 3.27. The SMILES string of the molecule is Cc1ccc(NC(=O)NCCOC(=O)Nc2ccc(Cl)cc2)cc1. The van der Waals surface area contributed by atoms with Crippen molar-refractivity contribution in [3.63, 3.8) is 0 Å². The standard InChI is InChI=1S/C17H18ClN3O3/c1-12-2-6-14(7-3-12)20-16(22)19-10-11-24-17(23)21-15-8-4-13(18)5-9-15/h2-9H,10-11H2,1H3,(H,21,23)(H2,19,20,22). The summed E-state index contributed by atoms with van der Waals surface area (Å²) in [6, 6.07) is 13.7. The monoisotopic (exact) mass is 347 g/mol. The Bertz CT molecular complexity index is 626. The number of hydrogen-bond donors (Lipinski definition) is 3. The molecule has 3 amide bonds. The molecule has 0 saturated carbocycles. The Balaban J connectivity index is 1.63. The summed E-state index contributed by atoms with van der Waals surface area (Å²) in [5.41, 5.74) is 2.38. The number of carbonyl (C=O) groups is 2. The molecule has 126 valence electrons. The lowest BCUT2D eigenvalue weighted by atomic mass is 10.2. The van der Waals surface area contributed by atoms with Gasteiger partial charge in [0.15, 0.2) is 0 Å². The third kappa shape index (κ3) is 6.18. The van der Waals surface area contributed by atoms with Gasteiger partial charge in [0.1, 0.15) is 6.61 Å². The number of nitrogens with one attached hydrogen (secondary N) is 3. The minimum atomic E-state index is -0.599. The fraction of sp³-hybridized carbons (Fsp3) is 0.176. The number of aryl methyl sites for hydroxylation is 1. The van der Waals surface area contributed by atoms with E-state index in [1.165, 1.54) is 0 Å². The second-order valence-electron chi connectivity index (χ2n) is 5.01. The van der Waals surface area contributed by atoms with Crippen LogP contribution in [0.1, 0.15) is 5.56 Å². The maximum Gasteiger partial charge on any atom is 0.411 e. The van der Waals surface area contributed by atoms with Crippen LogP contribution in [0.15, 0.2) is 48.5 Å². The van der Waals surface area contributed by atoms with Gasteiger partial charge in [-0.25, -0.2) is 9.59 Å². The highest BCUT2D eigenvalue weighted by Crippen LogP contribution is 2.13. The molecule has 0 spiro atoms. The number of anilines is 2. The molecule has 24 heavy (non-hydrogen) atoms. The highest BCUT2D eigenvalue weighted by atomic mass is 35.5. The van der Waals surface area contributed by atoms with Crippen LogP contribution in [-0.2, 0) is 4.74 Å². The van der Waals surface area contributed by atoms with Gasteiger partial charge in [0.25, 0.3) is 0 Å². The number of rotatable bonds is 5. The van der Waals surface area contributed by atoms with E-state index < -0.39 is 6.09 Å². The van der Waals surface area contributed by atoms with E-state index in [9.17, 15) is 9.59 Å². The fourth-order valence-corrected chi connectivity index (χ4v) is 1.93. The van der Waals surface area contributed by atoms with Gasteiger partial charge in [0.2, 0.25) is 0 Å². The van der Waals surface area contributed by atoms with Crippen molar-refractivity contribution in [3.8, 4) is 0 Å². The number of benzene rings is 2. The second-order valence-corrected chi connectivity index (χ2v) is 5.45. The molecule has 0 fully saturated rings. The predicted molar refractivity (Wildman–Crippen MR) is 94.6 cm³/mol. The molecule has 0 aliphatic carbocycles. The molecule has 2 aromatic rings. The Kier molecular flexibility index (Phi) is 6.45. The highest BCUT2D eigenvalue weighted by molar-refractivity contribution is 6.30. The molecule has 2 rings (SSSR count). The molecule has 0 aliphatic rings. The van der Waals surface area contributed by atoms with E-state index in [1.54, 1.807) is 24.3 Å². The van der Waals surface area contributed by atoms with Gasteiger partial charge in [0.05, 0.1) is 6.54 Å². The third-order valence-electron chi connectivity index (χ3n) is 3.02. The van der Waals surface area contributed by atoms with Crippen LogP contribution in [0.2, 0.25) is 5.02 Å². The van der Waals surface area contributed by atoms with Gasteiger partial charge in [-0.05, 0) is 43.3 Å². The lowest BCUT2D eigenvalue weighted by molar-refractivity contribution is 0.162. The first kappa shape index (κ1) is 17.6. The zero-order valence-corrected chi connectivity index (χ0v) is 13.9. The first-order valence-corrected chi connectivity index (χ1v) is 7.71. The Morgan fingerprint density at radius 1 is 0.958 bits per heavy atom. The van der Waals surface area contributed by atoms with Gasteiger partial charge >= 0.3 is 12.1 Å². The van der Waals surface area contributed by atoms with Crippen molar-refractivity contribution in [2.24, 2.45) is 0 Å². The molecular formula is C17H18ClN3O3. The quantitative estimate of drug-likeness (QED) is 0.715. The molecule has 0 radical (unpaired) electrons. The van der Waals surface area contributed by atoms with Gasteiger partial charge in [-0.2, -0.15) is 0 Å². The van der Waals surface area contributed by atoms with Gasteiger partial charge in [0, 0.05) is 16.4 Å². The minimum Gasteiger partial charge on any atom is -0.447 e. The van der Waals surface area contributed by atoms with Crippen LogP contribution in [0.25, 0.3) is 0 Å². The average Bonchev–Trinajstić information content (AvgIpc) is 2.56. The van der Waals surface area contributed by atoms with Crippen molar-refractivity contribution >= 4 is 35.1 Å². The summed E-state index contributed by atoms with van der Waals surface area (Å²) in [5, 5.41) is 8.42. The van der Waals surface area contributed by atoms with Crippen LogP contribution in [0.4, 0.5) is 21.0 Å². The van der Waals surface area contributed by atoms with Crippen molar-refractivity contribution in [1.29, 1.82) is 0 Å². The first-order chi connectivity index (χ1) is 11.5. The van der Waals surface area contributed by atoms with E-state index in [2.05, 4.69) is 16.0 Å². The molecule has 0 heterocycles. The summed E-state index contributed by atoms with van der Waals surface area (Å²) in [4.78, 5) is 23.2. The summed E-state index contributed by atoms with van der Waals surface area (Å²) in [6.45, 7) is 2.22. The van der Waals surface area contributed by atoms with Gasteiger partial charge in [-0.15, -0.1) is 0 Å². The fourth-order valence-electron chi connectivity index (χ4n) is 1.81. The lowest BCUT2D eigenvalue weighted by Crippen LogP contribution is -2.32. The zero-order valence-electron chi connectivity index (χ0n) is 13.1. The first-order valence-electron chi connectivity index (χ1n) is 7.34. The summed E-state index contributed by atoms with van der Waals surface area (Å²) >= 11 is 5.76. The number of halogens is 1. The molecule has 0 aromatic heterocycles. The van der Waals surface area contributed by atoms with Crippen molar-refractivity contribution in [2.45, 2.75) is 6.92 Å². The zero-order chi connectivity index (χ0) is 17.4. The van der Waals surface area contributed by atoms with Gasteiger partial charge in [-0.3, -0.25) is 5.32 Å². The molecule has 0 unspecified atom stereocenters. The van der Waals surface area contributed by atoms with Gasteiger partial charge < -0.3 is 15.4 Å². The Labute approximate surface area is 145 Å². The number of hydrogen-bond acceptors (Lipinski definition) is 3. The summed E-state index contributed by atoms with van der Waals surface area (Å²) in [7, 11) is 0. The lowest BCUT2D eigenvalue weighted by Gasteiger charge is -2.09. The largest absolute Gasteiger partial charge is 0.447 e. The van der Waals surface area contributed by atoms with E-state index in [0.29, 0.717) is 16.4 Å². The van der Waals surface area contributed by atoms with E-state index in [1.807, 2.05) is 31.2 Å². The number of carbonyl (C=O) groups excluding carboxylic acids is 2. The Morgan fingerprint density at radius 3 is 2.21 bits per heavy atom. The highest BCUT2D eigenvalue weighted by Gasteiger charge is 2.04. The summed E-state index contributed by atoms with van der Waals surface area (Å²) < 4.78 is 4.97. The maximum atomic E-state index is 11.7. The molecule has 6 nitrogen and oxygen atoms in total. The van der Waals surface area contributed by atoms with Crippen molar-refractivity contribution < 1.29 is 14.3 Å².